The van der Waals surface area contributed by atoms with E-state index in [-0.39, 0.29) is 11.9 Å². The first-order chi connectivity index (χ1) is 12.6. The molecule has 0 aromatic heterocycles. The van der Waals surface area contributed by atoms with Gasteiger partial charge in [0.2, 0.25) is 5.91 Å². The van der Waals surface area contributed by atoms with Crippen LogP contribution in [0.25, 0.3) is 0 Å². The van der Waals surface area contributed by atoms with Crippen molar-refractivity contribution in [2.45, 2.75) is 32.0 Å². The molecular formula is C21H23N3O2. The predicted molar refractivity (Wildman–Crippen MR) is 99.5 cm³/mol. The first kappa shape index (κ1) is 18.0. The van der Waals surface area contributed by atoms with Crippen molar-refractivity contribution in [1.82, 2.24) is 10.2 Å². The van der Waals surface area contributed by atoms with Gasteiger partial charge in [-0.2, -0.15) is 5.26 Å². The van der Waals surface area contributed by atoms with Crippen molar-refractivity contribution in [3.05, 3.63) is 65.2 Å². The molecule has 5 heteroatoms. The highest BCUT2D eigenvalue weighted by Gasteiger charge is 2.27. The van der Waals surface area contributed by atoms with Crippen molar-refractivity contribution < 1.29 is 9.53 Å². The van der Waals surface area contributed by atoms with Gasteiger partial charge in [-0.25, -0.2) is 0 Å². The molecule has 1 aliphatic heterocycles. The van der Waals surface area contributed by atoms with Crippen LogP contribution in [-0.4, -0.2) is 30.5 Å². The van der Waals surface area contributed by atoms with Gasteiger partial charge in [0.15, 0.2) is 0 Å². The normalized spacial score (nSPS) is 16.0. The van der Waals surface area contributed by atoms with Gasteiger partial charge in [-0.3, -0.25) is 9.69 Å². The van der Waals surface area contributed by atoms with Crippen LogP contribution in [0, 0.1) is 11.3 Å². The quantitative estimate of drug-likeness (QED) is 0.901. The average Bonchev–Trinajstić information content (AvgIpc) is 2.70. The number of fused-ring (bicyclic) bond motifs is 1. The summed E-state index contributed by atoms with van der Waals surface area (Å²) in [5, 5.41) is 12.4. The van der Waals surface area contributed by atoms with Gasteiger partial charge in [0, 0.05) is 18.7 Å². The zero-order valence-corrected chi connectivity index (χ0v) is 15.1. The number of para-hydroxylation sites is 1. The fourth-order valence-electron chi connectivity index (χ4n) is 3.36. The van der Waals surface area contributed by atoms with E-state index in [4.69, 9.17) is 4.74 Å². The first-order valence-electron chi connectivity index (χ1n) is 8.77. The largest absolute Gasteiger partial charge is 0.496 e. The Morgan fingerprint density at radius 2 is 1.88 bits per heavy atom. The molecule has 2 aromatic carbocycles. The van der Waals surface area contributed by atoms with Crippen LogP contribution in [0.3, 0.4) is 0 Å². The van der Waals surface area contributed by atoms with Crippen LogP contribution >= 0.6 is 0 Å². The number of benzene rings is 2. The van der Waals surface area contributed by atoms with Gasteiger partial charge in [0.05, 0.1) is 19.2 Å². The van der Waals surface area contributed by atoms with Crippen LogP contribution in [0.5, 0.6) is 5.75 Å². The van der Waals surface area contributed by atoms with E-state index in [9.17, 15) is 10.1 Å². The van der Waals surface area contributed by atoms with Crippen LogP contribution < -0.4 is 10.1 Å². The molecule has 26 heavy (non-hydrogen) atoms. The molecular weight excluding hydrogens is 326 g/mol. The highest BCUT2D eigenvalue weighted by atomic mass is 16.5. The molecule has 0 bridgehead atoms. The maximum absolute atomic E-state index is 12.8. The fraction of sp³-hybridized carbons (Fsp3) is 0.333. The molecule has 0 radical (unpaired) electrons. The van der Waals surface area contributed by atoms with Crippen molar-refractivity contribution in [3.8, 4) is 11.8 Å². The Balaban J connectivity index is 1.70. The minimum Gasteiger partial charge on any atom is -0.496 e. The Kier molecular flexibility index (Phi) is 5.55. The zero-order valence-electron chi connectivity index (χ0n) is 15.1. The average molecular weight is 349 g/mol. The summed E-state index contributed by atoms with van der Waals surface area (Å²) >= 11 is 0. The van der Waals surface area contributed by atoms with Gasteiger partial charge in [-0.05, 0) is 30.5 Å². The van der Waals surface area contributed by atoms with E-state index in [1.165, 1.54) is 11.1 Å². The number of nitriles is 1. The predicted octanol–water partition coefficient (Wildman–Crippen LogP) is 2.82. The van der Waals surface area contributed by atoms with E-state index < -0.39 is 6.04 Å². The summed E-state index contributed by atoms with van der Waals surface area (Å²) in [5.74, 6) is 0.445. The molecule has 1 heterocycles. The van der Waals surface area contributed by atoms with Crippen molar-refractivity contribution in [1.29, 1.82) is 5.26 Å². The summed E-state index contributed by atoms with van der Waals surface area (Å²) in [6.45, 7) is 3.47. The van der Waals surface area contributed by atoms with Crippen LogP contribution in [0.4, 0.5) is 0 Å². The molecule has 134 valence electrons. The third-order valence-corrected chi connectivity index (χ3v) is 4.95. The van der Waals surface area contributed by atoms with Crippen molar-refractivity contribution in [2.24, 2.45) is 0 Å². The first-order valence-corrected chi connectivity index (χ1v) is 8.77. The van der Waals surface area contributed by atoms with Gasteiger partial charge < -0.3 is 10.1 Å². The summed E-state index contributed by atoms with van der Waals surface area (Å²) in [6, 6.07) is 16.7. The summed E-state index contributed by atoms with van der Waals surface area (Å²) in [7, 11) is 1.56. The second-order valence-electron chi connectivity index (χ2n) is 6.48. The SMILES string of the molecule is COc1ccccc1[C@H](C#N)NC(=O)[C@H](C)N1CCc2ccccc2C1. The van der Waals surface area contributed by atoms with Crippen molar-refractivity contribution in [2.75, 3.05) is 13.7 Å². The number of carbonyl (C=O) groups is 1. The molecule has 0 saturated heterocycles. The van der Waals surface area contributed by atoms with E-state index >= 15 is 0 Å². The van der Waals surface area contributed by atoms with Gasteiger partial charge in [-0.15, -0.1) is 0 Å². The summed E-state index contributed by atoms with van der Waals surface area (Å²) < 4.78 is 5.31. The molecule has 0 unspecified atom stereocenters. The second-order valence-corrected chi connectivity index (χ2v) is 6.48. The van der Waals surface area contributed by atoms with Gasteiger partial charge in [0.25, 0.3) is 0 Å². The van der Waals surface area contributed by atoms with Crippen molar-refractivity contribution >= 4 is 5.91 Å². The fourth-order valence-corrected chi connectivity index (χ4v) is 3.36. The molecule has 5 nitrogen and oxygen atoms in total. The van der Waals surface area contributed by atoms with Crippen LogP contribution in [-0.2, 0) is 17.8 Å². The molecule has 3 rings (SSSR count). The number of nitrogens with one attached hydrogen (secondary N) is 1. The standard InChI is InChI=1S/C21H23N3O2/c1-15(24-12-11-16-7-3-4-8-17(16)14-24)21(25)23-19(13-22)18-9-5-6-10-20(18)26-2/h3-10,15,19H,11-12,14H2,1-2H3,(H,23,25)/t15-,19-/m0/s1. The molecule has 1 aliphatic rings. The lowest BCUT2D eigenvalue weighted by Crippen LogP contribution is -2.47. The van der Waals surface area contributed by atoms with E-state index in [0.29, 0.717) is 11.3 Å². The number of carbonyl (C=O) groups excluding carboxylic acids is 1. The number of hydrogen-bond acceptors (Lipinski definition) is 4. The topological polar surface area (TPSA) is 65.4 Å². The number of methoxy groups -OCH3 is 1. The van der Waals surface area contributed by atoms with Crippen molar-refractivity contribution in [3.63, 3.8) is 0 Å². The third kappa shape index (κ3) is 3.71. The van der Waals surface area contributed by atoms with Gasteiger partial charge in [-0.1, -0.05) is 42.5 Å². The molecule has 0 fully saturated rings. The lowest BCUT2D eigenvalue weighted by atomic mass is 9.98. The zero-order chi connectivity index (χ0) is 18.5. The highest BCUT2D eigenvalue weighted by Crippen LogP contribution is 2.25. The highest BCUT2D eigenvalue weighted by molar-refractivity contribution is 5.82. The minimum atomic E-state index is -0.738. The van der Waals surface area contributed by atoms with Crippen LogP contribution in [0.1, 0.15) is 29.7 Å². The number of amides is 1. The lowest BCUT2D eigenvalue weighted by molar-refractivity contribution is -0.126. The number of nitrogens with zero attached hydrogens (tertiary/aromatic N) is 2. The summed E-state index contributed by atoms with van der Waals surface area (Å²) in [6.07, 6.45) is 0.933. The Bertz CT molecular complexity index is 828. The van der Waals surface area contributed by atoms with Gasteiger partial charge in [0.1, 0.15) is 11.8 Å². The monoisotopic (exact) mass is 349 g/mol. The Hall–Kier alpha value is -2.84. The van der Waals surface area contributed by atoms with Crippen LogP contribution in [0.15, 0.2) is 48.5 Å². The van der Waals surface area contributed by atoms with Crippen LogP contribution in [0.2, 0.25) is 0 Å². The maximum Gasteiger partial charge on any atom is 0.238 e. The smallest absolute Gasteiger partial charge is 0.238 e. The molecule has 0 saturated carbocycles. The Morgan fingerprint density at radius 3 is 2.62 bits per heavy atom. The number of hydrogen-bond donors (Lipinski definition) is 1. The molecule has 2 aromatic rings. The second kappa shape index (κ2) is 8.03. The lowest BCUT2D eigenvalue weighted by Gasteiger charge is -2.33. The summed E-state index contributed by atoms with van der Waals surface area (Å²) in [4.78, 5) is 14.9. The van der Waals surface area contributed by atoms with Gasteiger partial charge >= 0.3 is 0 Å². The molecule has 1 N–H and O–H groups in total. The molecule has 0 aliphatic carbocycles. The Morgan fingerprint density at radius 1 is 1.19 bits per heavy atom. The Labute approximate surface area is 154 Å². The third-order valence-electron chi connectivity index (χ3n) is 4.95. The molecule has 2 atom stereocenters. The van der Waals surface area contributed by atoms with E-state index in [2.05, 4.69) is 34.5 Å². The molecule has 0 spiro atoms. The summed E-state index contributed by atoms with van der Waals surface area (Å²) in [5.41, 5.74) is 3.28. The molecule has 1 amide bonds. The van der Waals surface area contributed by atoms with E-state index in [0.717, 1.165) is 19.5 Å². The minimum absolute atomic E-state index is 0.151. The van der Waals surface area contributed by atoms with E-state index in [1.54, 1.807) is 19.2 Å². The maximum atomic E-state index is 12.8. The number of rotatable bonds is 5. The van der Waals surface area contributed by atoms with E-state index in [1.807, 2.05) is 25.1 Å². The number of ether oxygens (including phenoxy) is 1.